The Morgan fingerprint density at radius 3 is 3.11 bits per heavy atom. The Hall–Kier alpha value is -1.81. The van der Waals surface area contributed by atoms with Gasteiger partial charge in [0, 0.05) is 35.8 Å². The van der Waals surface area contributed by atoms with Crippen molar-refractivity contribution in [2.24, 2.45) is 0 Å². The van der Waals surface area contributed by atoms with E-state index in [0.717, 1.165) is 28.7 Å². The van der Waals surface area contributed by atoms with E-state index in [1.807, 2.05) is 18.3 Å². The van der Waals surface area contributed by atoms with E-state index in [1.165, 1.54) is 19.4 Å². The second kappa shape index (κ2) is 5.05. The number of nitrogens with zero attached hydrogens (tertiary/aromatic N) is 2. The Labute approximate surface area is 113 Å². The summed E-state index contributed by atoms with van der Waals surface area (Å²) in [6, 6.07) is 6.71. The maximum absolute atomic E-state index is 6.23. The zero-order chi connectivity index (χ0) is 13.2. The van der Waals surface area contributed by atoms with Gasteiger partial charge >= 0.3 is 0 Å². The maximum atomic E-state index is 6.23. The first-order valence-electron chi connectivity index (χ1n) is 6.82. The van der Waals surface area contributed by atoms with Crippen molar-refractivity contribution in [1.82, 2.24) is 9.88 Å². The number of hydrogen-bond donors (Lipinski definition) is 2. The number of fused-ring (bicyclic) bond motifs is 1. The van der Waals surface area contributed by atoms with Crippen LogP contribution in [-0.2, 0) is 0 Å². The zero-order valence-corrected chi connectivity index (χ0v) is 11.3. The number of anilines is 2. The number of aromatic nitrogens is 1. The fourth-order valence-corrected chi connectivity index (χ4v) is 2.81. The van der Waals surface area contributed by atoms with Crippen LogP contribution in [0.2, 0.25) is 0 Å². The molecule has 1 aromatic carbocycles. The molecule has 0 aliphatic carbocycles. The summed E-state index contributed by atoms with van der Waals surface area (Å²) in [4.78, 5) is 6.53. The molecule has 0 amide bonds. The first-order valence-corrected chi connectivity index (χ1v) is 6.82. The molecule has 1 fully saturated rings. The first kappa shape index (κ1) is 12.2. The summed E-state index contributed by atoms with van der Waals surface area (Å²) in [6.07, 6.45) is 6.19. The molecule has 100 valence electrons. The Bertz CT molecular complexity index is 581. The van der Waals surface area contributed by atoms with Gasteiger partial charge in [0.15, 0.2) is 0 Å². The smallest absolute Gasteiger partial charge is 0.0630 e. The number of likely N-dealkylation sites (N-methyl/N-ethyl adjacent to an activating group) is 1. The van der Waals surface area contributed by atoms with Gasteiger partial charge in [-0.2, -0.15) is 0 Å². The molecule has 0 saturated carbocycles. The average Bonchev–Trinajstić information content (AvgIpc) is 2.84. The van der Waals surface area contributed by atoms with E-state index in [4.69, 9.17) is 5.73 Å². The summed E-state index contributed by atoms with van der Waals surface area (Å²) < 4.78 is 0. The highest BCUT2D eigenvalue weighted by atomic mass is 15.2. The average molecular weight is 256 g/mol. The summed E-state index contributed by atoms with van der Waals surface area (Å²) >= 11 is 0. The molecule has 19 heavy (non-hydrogen) atoms. The van der Waals surface area contributed by atoms with Crippen LogP contribution in [0.1, 0.15) is 12.8 Å². The van der Waals surface area contributed by atoms with Gasteiger partial charge in [-0.15, -0.1) is 0 Å². The summed E-state index contributed by atoms with van der Waals surface area (Å²) in [5, 5.41) is 5.65. The highest BCUT2D eigenvalue weighted by Gasteiger charge is 2.20. The van der Waals surface area contributed by atoms with Gasteiger partial charge < -0.3 is 16.0 Å². The van der Waals surface area contributed by atoms with Crippen molar-refractivity contribution in [3.8, 4) is 0 Å². The number of nitrogens with two attached hydrogens (primary N) is 1. The van der Waals surface area contributed by atoms with Crippen molar-refractivity contribution in [2.45, 2.75) is 18.9 Å². The molecular weight excluding hydrogens is 236 g/mol. The van der Waals surface area contributed by atoms with Crippen LogP contribution in [-0.4, -0.2) is 36.1 Å². The summed E-state index contributed by atoms with van der Waals surface area (Å²) in [5.74, 6) is 0. The van der Waals surface area contributed by atoms with E-state index in [0.29, 0.717) is 6.04 Å². The predicted octanol–water partition coefficient (Wildman–Crippen LogP) is 2.32. The van der Waals surface area contributed by atoms with Gasteiger partial charge in [0.2, 0.25) is 0 Å². The quantitative estimate of drug-likeness (QED) is 0.828. The van der Waals surface area contributed by atoms with Crippen molar-refractivity contribution in [3.63, 3.8) is 0 Å². The number of pyridine rings is 1. The summed E-state index contributed by atoms with van der Waals surface area (Å²) in [5.41, 5.74) is 8.08. The number of hydrogen-bond acceptors (Lipinski definition) is 4. The molecule has 0 spiro atoms. The van der Waals surface area contributed by atoms with E-state index in [2.05, 4.69) is 28.3 Å². The minimum Gasteiger partial charge on any atom is -0.397 e. The molecule has 4 heteroatoms. The van der Waals surface area contributed by atoms with Crippen LogP contribution in [0.15, 0.2) is 30.6 Å². The molecule has 1 aliphatic heterocycles. The van der Waals surface area contributed by atoms with Crippen LogP contribution >= 0.6 is 0 Å². The topological polar surface area (TPSA) is 54.2 Å². The van der Waals surface area contributed by atoms with Gasteiger partial charge in [-0.05, 0) is 38.6 Å². The van der Waals surface area contributed by atoms with E-state index < -0.39 is 0 Å². The number of rotatable bonds is 3. The second-order valence-corrected chi connectivity index (χ2v) is 5.28. The summed E-state index contributed by atoms with van der Waals surface area (Å²) in [7, 11) is 2.19. The van der Waals surface area contributed by atoms with Crippen LogP contribution in [0.5, 0.6) is 0 Å². The number of nitrogen functional groups attached to an aromatic ring is 1. The lowest BCUT2D eigenvalue weighted by molar-refractivity contribution is 0.322. The molecule has 1 aromatic heterocycles. The van der Waals surface area contributed by atoms with Crippen LogP contribution in [0.3, 0.4) is 0 Å². The fourth-order valence-electron chi connectivity index (χ4n) is 2.81. The summed E-state index contributed by atoms with van der Waals surface area (Å²) in [6.45, 7) is 2.16. The third-order valence-corrected chi connectivity index (χ3v) is 4.06. The Morgan fingerprint density at radius 1 is 1.42 bits per heavy atom. The van der Waals surface area contributed by atoms with Crippen molar-refractivity contribution in [3.05, 3.63) is 30.6 Å². The van der Waals surface area contributed by atoms with E-state index in [9.17, 15) is 0 Å². The van der Waals surface area contributed by atoms with E-state index in [-0.39, 0.29) is 0 Å². The van der Waals surface area contributed by atoms with Crippen LogP contribution in [0, 0.1) is 0 Å². The Balaban J connectivity index is 1.79. The molecule has 4 nitrogen and oxygen atoms in total. The molecule has 1 saturated heterocycles. The Morgan fingerprint density at radius 2 is 2.32 bits per heavy atom. The lowest BCUT2D eigenvalue weighted by Crippen LogP contribution is -2.31. The van der Waals surface area contributed by atoms with Gasteiger partial charge in [0.05, 0.1) is 11.4 Å². The van der Waals surface area contributed by atoms with Gasteiger partial charge in [-0.3, -0.25) is 4.98 Å². The molecule has 3 N–H and O–H groups in total. The Kier molecular flexibility index (Phi) is 3.25. The SMILES string of the molecule is CN1CCCC1CNc1ccc2cnccc2c1N. The molecule has 0 bridgehead atoms. The minimum atomic E-state index is 0.618. The molecule has 0 radical (unpaired) electrons. The van der Waals surface area contributed by atoms with Crippen molar-refractivity contribution in [1.29, 1.82) is 0 Å². The van der Waals surface area contributed by atoms with Gasteiger partial charge in [-0.25, -0.2) is 0 Å². The second-order valence-electron chi connectivity index (χ2n) is 5.28. The minimum absolute atomic E-state index is 0.618. The molecule has 1 aliphatic rings. The fraction of sp³-hybridized carbons (Fsp3) is 0.400. The van der Waals surface area contributed by atoms with Crippen molar-refractivity contribution >= 4 is 22.1 Å². The number of benzene rings is 1. The third kappa shape index (κ3) is 2.36. The zero-order valence-electron chi connectivity index (χ0n) is 11.3. The van der Waals surface area contributed by atoms with Crippen LogP contribution in [0.25, 0.3) is 10.8 Å². The monoisotopic (exact) mass is 256 g/mol. The van der Waals surface area contributed by atoms with Gasteiger partial charge in [0.25, 0.3) is 0 Å². The first-order chi connectivity index (χ1) is 9.25. The number of likely N-dealkylation sites (tertiary alicyclic amines) is 1. The van der Waals surface area contributed by atoms with Gasteiger partial charge in [-0.1, -0.05) is 6.07 Å². The van der Waals surface area contributed by atoms with Gasteiger partial charge in [0.1, 0.15) is 0 Å². The van der Waals surface area contributed by atoms with Crippen molar-refractivity contribution < 1.29 is 0 Å². The molecule has 3 rings (SSSR count). The molecule has 1 unspecified atom stereocenters. The third-order valence-electron chi connectivity index (χ3n) is 4.06. The predicted molar refractivity (Wildman–Crippen MR) is 80.3 cm³/mol. The van der Waals surface area contributed by atoms with Crippen LogP contribution < -0.4 is 11.1 Å². The highest BCUT2D eigenvalue weighted by molar-refractivity contribution is 5.98. The van der Waals surface area contributed by atoms with Crippen LogP contribution in [0.4, 0.5) is 11.4 Å². The molecule has 2 aromatic rings. The molecular formula is C15H20N4. The standard InChI is InChI=1S/C15H20N4/c1-19-8-2-3-12(19)10-18-14-5-4-11-9-17-7-6-13(11)15(14)16/h4-7,9,12,18H,2-3,8,10,16H2,1H3. The molecule has 2 heterocycles. The lowest BCUT2D eigenvalue weighted by Gasteiger charge is -2.21. The maximum Gasteiger partial charge on any atom is 0.0630 e. The lowest BCUT2D eigenvalue weighted by atomic mass is 10.1. The van der Waals surface area contributed by atoms with Crippen molar-refractivity contribution in [2.75, 3.05) is 31.2 Å². The van der Waals surface area contributed by atoms with E-state index >= 15 is 0 Å². The normalized spacial score (nSPS) is 19.9. The highest BCUT2D eigenvalue weighted by Crippen LogP contribution is 2.28. The number of nitrogens with one attached hydrogen (secondary N) is 1. The molecule has 1 atom stereocenters. The largest absolute Gasteiger partial charge is 0.397 e. The van der Waals surface area contributed by atoms with E-state index in [1.54, 1.807) is 6.20 Å².